The van der Waals surface area contributed by atoms with Crippen molar-refractivity contribution >= 4 is 5.95 Å². The molecule has 2 aromatic heterocycles. The van der Waals surface area contributed by atoms with E-state index in [9.17, 15) is 4.39 Å². The quantitative estimate of drug-likeness (QED) is 0.845. The number of nitriles is 1. The Balaban J connectivity index is 1.64. The molecule has 0 aliphatic carbocycles. The Morgan fingerprint density at radius 3 is 2.38 bits per heavy atom. The second-order valence-corrected chi connectivity index (χ2v) is 5.05. The van der Waals surface area contributed by atoms with Gasteiger partial charge < -0.3 is 4.90 Å². The van der Waals surface area contributed by atoms with Crippen molar-refractivity contribution in [2.75, 3.05) is 18.0 Å². The minimum Gasteiger partial charge on any atom is -0.341 e. The highest BCUT2D eigenvalue weighted by atomic mass is 19.1. The van der Waals surface area contributed by atoms with Crippen LogP contribution in [0.2, 0.25) is 0 Å². The van der Waals surface area contributed by atoms with Gasteiger partial charge in [-0.05, 0) is 25.0 Å². The number of nitrogens with zero attached hydrogens (tertiary/aromatic N) is 5. The fourth-order valence-electron chi connectivity index (χ4n) is 2.56. The summed E-state index contributed by atoms with van der Waals surface area (Å²) in [6.45, 7) is 1.63. The first kappa shape index (κ1) is 13.4. The molecule has 2 aromatic rings. The maximum Gasteiger partial charge on any atom is 0.225 e. The van der Waals surface area contributed by atoms with Crippen LogP contribution < -0.4 is 4.90 Å². The minimum atomic E-state index is -0.421. The molecule has 6 heteroatoms. The van der Waals surface area contributed by atoms with Crippen molar-refractivity contribution in [3.63, 3.8) is 0 Å². The Morgan fingerprint density at radius 2 is 1.81 bits per heavy atom. The van der Waals surface area contributed by atoms with E-state index in [-0.39, 0.29) is 0 Å². The van der Waals surface area contributed by atoms with Crippen LogP contribution >= 0.6 is 0 Å². The Hall–Kier alpha value is -2.55. The zero-order valence-electron chi connectivity index (χ0n) is 11.4. The number of pyridine rings is 1. The van der Waals surface area contributed by atoms with Crippen LogP contribution in [0.5, 0.6) is 0 Å². The number of rotatable bonds is 2. The Morgan fingerprint density at radius 1 is 1.10 bits per heavy atom. The standard InChI is InChI=1S/C15H14FN5/c16-13-9-19-15(20-10-13)21-5-3-12(4-6-21)14-2-1-11(7-17)8-18-14/h1-2,8-10,12H,3-6H2. The first-order valence-electron chi connectivity index (χ1n) is 6.85. The van der Waals surface area contributed by atoms with Crippen LogP contribution in [0.1, 0.15) is 30.0 Å². The summed E-state index contributed by atoms with van der Waals surface area (Å²) in [6, 6.07) is 5.80. The van der Waals surface area contributed by atoms with E-state index in [2.05, 4.69) is 25.9 Å². The maximum atomic E-state index is 12.8. The van der Waals surface area contributed by atoms with Crippen LogP contribution in [0.4, 0.5) is 10.3 Å². The van der Waals surface area contributed by atoms with Crippen LogP contribution in [0.3, 0.4) is 0 Å². The van der Waals surface area contributed by atoms with Gasteiger partial charge in [-0.1, -0.05) is 0 Å². The molecule has 0 saturated carbocycles. The van der Waals surface area contributed by atoms with E-state index >= 15 is 0 Å². The summed E-state index contributed by atoms with van der Waals surface area (Å²) in [5.41, 5.74) is 1.60. The Labute approximate surface area is 122 Å². The summed E-state index contributed by atoms with van der Waals surface area (Å²) in [5.74, 6) is 0.535. The molecule has 0 spiro atoms. The van der Waals surface area contributed by atoms with E-state index in [0.29, 0.717) is 17.4 Å². The second-order valence-electron chi connectivity index (χ2n) is 5.05. The first-order valence-corrected chi connectivity index (χ1v) is 6.85. The van der Waals surface area contributed by atoms with Gasteiger partial charge in [0, 0.05) is 30.9 Å². The van der Waals surface area contributed by atoms with Gasteiger partial charge in [0.15, 0.2) is 5.82 Å². The number of anilines is 1. The molecule has 0 aromatic carbocycles. The summed E-state index contributed by atoms with van der Waals surface area (Å²) >= 11 is 0. The zero-order chi connectivity index (χ0) is 14.7. The lowest BCUT2D eigenvalue weighted by atomic mass is 9.93. The number of hydrogen-bond acceptors (Lipinski definition) is 5. The normalized spacial score (nSPS) is 15.7. The molecular formula is C15H14FN5. The number of aromatic nitrogens is 3. The van der Waals surface area contributed by atoms with Crippen LogP contribution in [0.25, 0.3) is 0 Å². The van der Waals surface area contributed by atoms with E-state index in [0.717, 1.165) is 31.6 Å². The van der Waals surface area contributed by atoms with Gasteiger partial charge >= 0.3 is 0 Å². The molecule has 3 heterocycles. The van der Waals surface area contributed by atoms with Crippen molar-refractivity contribution in [2.24, 2.45) is 0 Å². The molecule has 106 valence electrons. The monoisotopic (exact) mass is 283 g/mol. The highest BCUT2D eigenvalue weighted by Crippen LogP contribution is 2.28. The van der Waals surface area contributed by atoms with E-state index in [1.807, 2.05) is 6.07 Å². The lowest BCUT2D eigenvalue weighted by Crippen LogP contribution is -2.34. The predicted octanol–water partition coefficient (Wildman–Crippen LogP) is 2.27. The van der Waals surface area contributed by atoms with Gasteiger partial charge in [0.1, 0.15) is 6.07 Å². The molecule has 0 bridgehead atoms. The van der Waals surface area contributed by atoms with Crippen molar-refractivity contribution < 1.29 is 4.39 Å². The zero-order valence-corrected chi connectivity index (χ0v) is 11.4. The lowest BCUT2D eigenvalue weighted by molar-refractivity contribution is 0.489. The van der Waals surface area contributed by atoms with E-state index in [4.69, 9.17) is 5.26 Å². The molecule has 0 atom stereocenters. The van der Waals surface area contributed by atoms with Crippen LogP contribution in [-0.2, 0) is 0 Å². The topological polar surface area (TPSA) is 65.7 Å². The van der Waals surface area contributed by atoms with Gasteiger partial charge in [-0.15, -0.1) is 0 Å². The van der Waals surface area contributed by atoms with Gasteiger partial charge in [0.25, 0.3) is 0 Å². The largest absolute Gasteiger partial charge is 0.341 e. The van der Waals surface area contributed by atoms with Gasteiger partial charge in [-0.3, -0.25) is 4.98 Å². The van der Waals surface area contributed by atoms with Crippen LogP contribution in [-0.4, -0.2) is 28.0 Å². The van der Waals surface area contributed by atoms with Crippen molar-refractivity contribution in [1.82, 2.24) is 15.0 Å². The second kappa shape index (κ2) is 5.83. The number of piperidine rings is 1. The first-order chi connectivity index (χ1) is 10.3. The molecule has 1 aliphatic rings. The molecule has 0 radical (unpaired) electrons. The van der Waals surface area contributed by atoms with Crippen LogP contribution in [0, 0.1) is 17.1 Å². The molecule has 0 unspecified atom stereocenters. The summed E-state index contributed by atoms with van der Waals surface area (Å²) in [7, 11) is 0. The smallest absolute Gasteiger partial charge is 0.225 e. The van der Waals surface area contributed by atoms with E-state index < -0.39 is 5.82 Å². The highest BCUT2D eigenvalue weighted by Gasteiger charge is 2.22. The highest BCUT2D eigenvalue weighted by molar-refractivity contribution is 5.31. The summed E-state index contributed by atoms with van der Waals surface area (Å²) in [5, 5.41) is 8.78. The minimum absolute atomic E-state index is 0.384. The number of halogens is 1. The SMILES string of the molecule is N#Cc1ccc(C2CCN(c3ncc(F)cn3)CC2)nc1. The van der Waals surface area contributed by atoms with E-state index in [1.54, 1.807) is 12.3 Å². The molecule has 0 amide bonds. The summed E-state index contributed by atoms with van der Waals surface area (Å²) < 4.78 is 12.8. The van der Waals surface area contributed by atoms with Crippen molar-refractivity contribution in [3.05, 3.63) is 47.8 Å². The molecule has 0 N–H and O–H groups in total. The van der Waals surface area contributed by atoms with Crippen LogP contribution in [0.15, 0.2) is 30.7 Å². The van der Waals surface area contributed by atoms with Gasteiger partial charge in [-0.25, -0.2) is 14.4 Å². The fraction of sp³-hybridized carbons (Fsp3) is 0.333. The average Bonchev–Trinajstić information content (AvgIpc) is 2.56. The third-order valence-corrected chi connectivity index (χ3v) is 3.72. The molecule has 21 heavy (non-hydrogen) atoms. The number of hydrogen-bond donors (Lipinski definition) is 0. The molecular weight excluding hydrogens is 269 g/mol. The lowest BCUT2D eigenvalue weighted by Gasteiger charge is -2.31. The average molecular weight is 283 g/mol. The summed E-state index contributed by atoms with van der Waals surface area (Å²) in [6.07, 6.45) is 5.89. The molecule has 1 saturated heterocycles. The Kier molecular flexibility index (Phi) is 3.73. The maximum absolute atomic E-state index is 12.8. The van der Waals surface area contributed by atoms with Crippen molar-refractivity contribution in [3.8, 4) is 6.07 Å². The van der Waals surface area contributed by atoms with Gasteiger partial charge in [-0.2, -0.15) is 5.26 Å². The third kappa shape index (κ3) is 2.97. The summed E-state index contributed by atoms with van der Waals surface area (Å²) in [4.78, 5) is 14.4. The molecule has 3 rings (SSSR count). The van der Waals surface area contributed by atoms with Gasteiger partial charge in [0.05, 0.1) is 18.0 Å². The molecule has 1 fully saturated rings. The van der Waals surface area contributed by atoms with Gasteiger partial charge in [0.2, 0.25) is 5.95 Å². The fourth-order valence-corrected chi connectivity index (χ4v) is 2.56. The predicted molar refractivity (Wildman–Crippen MR) is 75.1 cm³/mol. The molecule has 1 aliphatic heterocycles. The van der Waals surface area contributed by atoms with Crippen molar-refractivity contribution in [2.45, 2.75) is 18.8 Å². The Bertz CT molecular complexity index is 639. The molecule has 5 nitrogen and oxygen atoms in total. The van der Waals surface area contributed by atoms with E-state index in [1.165, 1.54) is 12.4 Å². The van der Waals surface area contributed by atoms with Crippen molar-refractivity contribution in [1.29, 1.82) is 5.26 Å². The third-order valence-electron chi connectivity index (χ3n) is 3.72.